The molecule has 0 bridgehead atoms. The number of aryl methyl sites for hydroxylation is 1. The molecule has 0 N–H and O–H groups in total. The van der Waals surface area contributed by atoms with Crippen LogP contribution in [0.15, 0.2) is 36.7 Å². The van der Waals surface area contributed by atoms with E-state index in [0.717, 1.165) is 0 Å². The Kier molecular flexibility index (Phi) is 6.32. The van der Waals surface area contributed by atoms with Crippen LogP contribution in [0, 0.1) is 6.92 Å². The van der Waals surface area contributed by atoms with Crippen LogP contribution in [0.2, 0.25) is 0 Å². The highest BCUT2D eigenvalue weighted by atomic mass is 32.1. The first-order valence-electron chi connectivity index (χ1n) is 8.51. The molecule has 1 amide bonds. The first-order valence-corrected chi connectivity index (χ1v) is 9.32. The first kappa shape index (κ1) is 20.6. The van der Waals surface area contributed by atoms with E-state index in [9.17, 15) is 13.6 Å². The molecule has 0 aliphatic heterocycles. The van der Waals surface area contributed by atoms with Crippen molar-refractivity contribution in [2.75, 3.05) is 14.2 Å². The maximum absolute atomic E-state index is 12.9. The highest BCUT2D eigenvalue weighted by Crippen LogP contribution is 2.30. The lowest BCUT2D eigenvalue weighted by Gasteiger charge is -2.18. The molecule has 0 aliphatic rings. The van der Waals surface area contributed by atoms with Crippen molar-refractivity contribution in [2.24, 2.45) is 0 Å². The molecule has 0 saturated carbocycles. The number of rotatable bonds is 7. The summed E-state index contributed by atoms with van der Waals surface area (Å²) in [7, 11) is 3.01. The van der Waals surface area contributed by atoms with Gasteiger partial charge in [-0.05, 0) is 30.7 Å². The van der Waals surface area contributed by atoms with Gasteiger partial charge in [-0.2, -0.15) is 8.78 Å². The van der Waals surface area contributed by atoms with Gasteiger partial charge in [0, 0.05) is 26.0 Å². The molecule has 0 aliphatic carbocycles. The molecule has 0 atom stereocenters. The number of methoxy groups -OCH3 is 1. The summed E-state index contributed by atoms with van der Waals surface area (Å²) >= 11 is 1.22. The third-order valence-corrected chi connectivity index (χ3v) is 5.10. The van der Waals surface area contributed by atoms with E-state index in [1.54, 1.807) is 44.6 Å². The maximum atomic E-state index is 12.9. The van der Waals surface area contributed by atoms with Crippen LogP contribution in [0.4, 0.5) is 8.78 Å². The van der Waals surface area contributed by atoms with Crippen LogP contribution in [0.5, 0.6) is 11.5 Å². The highest BCUT2D eigenvalue weighted by Gasteiger charge is 2.21. The number of halogens is 2. The Morgan fingerprint density at radius 3 is 2.62 bits per heavy atom. The molecular formula is C19H18F2N4O3S. The SMILES string of the molecule is COc1cc(CN(C)C(=O)c2sc(-c3ncccn3)nc2C)ccc1OC(F)F. The Morgan fingerprint density at radius 1 is 1.24 bits per heavy atom. The van der Waals surface area contributed by atoms with Gasteiger partial charge in [-0.1, -0.05) is 6.07 Å². The number of benzene rings is 1. The lowest BCUT2D eigenvalue weighted by atomic mass is 10.2. The van der Waals surface area contributed by atoms with E-state index >= 15 is 0 Å². The topological polar surface area (TPSA) is 77.4 Å². The molecule has 3 aromatic rings. The van der Waals surface area contributed by atoms with E-state index in [4.69, 9.17) is 4.74 Å². The van der Waals surface area contributed by atoms with E-state index in [-0.39, 0.29) is 24.0 Å². The molecule has 29 heavy (non-hydrogen) atoms. The van der Waals surface area contributed by atoms with E-state index < -0.39 is 6.61 Å². The fraction of sp³-hybridized carbons (Fsp3) is 0.263. The van der Waals surface area contributed by atoms with Crippen molar-refractivity contribution in [3.63, 3.8) is 0 Å². The number of alkyl halides is 2. The summed E-state index contributed by atoms with van der Waals surface area (Å²) in [5.41, 5.74) is 1.29. The normalized spacial score (nSPS) is 10.8. The van der Waals surface area contributed by atoms with Gasteiger partial charge in [0.1, 0.15) is 4.88 Å². The van der Waals surface area contributed by atoms with Crippen molar-refractivity contribution in [3.05, 3.63) is 52.8 Å². The molecule has 0 saturated heterocycles. The third-order valence-electron chi connectivity index (χ3n) is 3.96. The monoisotopic (exact) mass is 420 g/mol. The summed E-state index contributed by atoms with van der Waals surface area (Å²) in [6.07, 6.45) is 3.23. The second kappa shape index (κ2) is 8.91. The minimum atomic E-state index is -2.95. The third kappa shape index (κ3) is 4.83. The van der Waals surface area contributed by atoms with Crippen LogP contribution in [-0.4, -0.2) is 46.5 Å². The van der Waals surface area contributed by atoms with Crippen LogP contribution in [0.25, 0.3) is 10.8 Å². The fourth-order valence-electron chi connectivity index (χ4n) is 2.62. The second-order valence-corrected chi connectivity index (χ2v) is 7.03. The predicted molar refractivity (Wildman–Crippen MR) is 103 cm³/mol. The number of nitrogens with zero attached hydrogens (tertiary/aromatic N) is 4. The van der Waals surface area contributed by atoms with Crippen molar-refractivity contribution in [3.8, 4) is 22.3 Å². The van der Waals surface area contributed by atoms with Crippen LogP contribution in [0.1, 0.15) is 20.9 Å². The number of hydrogen-bond acceptors (Lipinski definition) is 7. The van der Waals surface area contributed by atoms with E-state index in [1.807, 2.05) is 0 Å². The molecule has 1 aromatic carbocycles. The van der Waals surface area contributed by atoms with Crippen molar-refractivity contribution >= 4 is 17.2 Å². The van der Waals surface area contributed by atoms with Gasteiger partial charge < -0.3 is 14.4 Å². The Hall–Kier alpha value is -3.14. The number of carbonyl (C=O) groups excluding carboxylic acids is 1. The number of hydrogen-bond donors (Lipinski definition) is 0. The van der Waals surface area contributed by atoms with Gasteiger partial charge in [0.05, 0.1) is 12.8 Å². The molecule has 0 fully saturated rings. The van der Waals surface area contributed by atoms with Crippen molar-refractivity contribution in [1.29, 1.82) is 0 Å². The average molecular weight is 420 g/mol. The molecule has 3 rings (SSSR count). The van der Waals surface area contributed by atoms with Gasteiger partial charge in [-0.3, -0.25) is 4.79 Å². The van der Waals surface area contributed by atoms with Crippen molar-refractivity contribution in [2.45, 2.75) is 20.1 Å². The zero-order valence-electron chi connectivity index (χ0n) is 15.9. The molecule has 0 unspecified atom stereocenters. The van der Waals surface area contributed by atoms with E-state index in [0.29, 0.717) is 27.0 Å². The Labute approximate surface area is 170 Å². The van der Waals surface area contributed by atoms with Crippen LogP contribution >= 0.6 is 11.3 Å². The average Bonchev–Trinajstić information content (AvgIpc) is 3.10. The van der Waals surface area contributed by atoms with Crippen LogP contribution in [0.3, 0.4) is 0 Å². The number of amides is 1. The molecule has 2 heterocycles. The zero-order valence-corrected chi connectivity index (χ0v) is 16.7. The van der Waals surface area contributed by atoms with Gasteiger partial charge in [0.15, 0.2) is 22.3 Å². The summed E-state index contributed by atoms with van der Waals surface area (Å²) < 4.78 is 34.4. The smallest absolute Gasteiger partial charge is 0.387 e. The largest absolute Gasteiger partial charge is 0.493 e. The van der Waals surface area contributed by atoms with Crippen molar-refractivity contribution < 1.29 is 23.0 Å². The minimum Gasteiger partial charge on any atom is -0.493 e. The Morgan fingerprint density at radius 2 is 1.97 bits per heavy atom. The lowest BCUT2D eigenvalue weighted by Crippen LogP contribution is -2.26. The van der Waals surface area contributed by atoms with Crippen LogP contribution in [-0.2, 0) is 6.54 Å². The van der Waals surface area contributed by atoms with Crippen molar-refractivity contribution in [1.82, 2.24) is 19.9 Å². The van der Waals surface area contributed by atoms with E-state index in [1.165, 1.54) is 29.4 Å². The molecule has 0 radical (unpaired) electrons. The first-order chi connectivity index (χ1) is 13.9. The van der Waals surface area contributed by atoms with E-state index in [2.05, 4.69) is 19.7 Å². The second-order valence-electron chi connectivity index (χ2n) is 6.03. The van der Waals surface area contributed by atoms with Gasteiger partial charge in [-0.15, -0.1) is 11.3 Å². The molecular weight excluding hydrogens is 402 g/mol. The number of thiazole rings is 1. The van der Waals surface area contributed by atoms with Gasteiger partial charge in [0.2, 0.25) is 0 Å². The Bertz CT molecular complexity index is 998. The number of ether oxygens (including phenoxy) is 2. The highest BCUT2D eigenvalue weighted by molar-refractivity contribution is 7.17. The minimum absolute atomic E-state index is 0.0639. The summed E-state index contributed by atoms with van der Waals surface area (Å²) in [4.78, 5) is 27.6. The van der Waals surface area contributed by atoms with Crippen LogP contribution < -0.4 is 9.47 Å². The summed E-state index contributed by atoms with van der Waals surface area (Å²) in [6, 6.07) is 6.26. The maximum Gasteiger partial charge on any atom is 0.387 e. The molecule has 7 nitrogen and oxygen atoms in total. The van der Waals surface area contributed by atoms with Gasteiger partial charge >= 0.3 is 6.61 Å². The van der Waals surface area contributed by atoms with Gasteiger partial charge in [-0.25, -0.2) is 15.0 Å². The Balaban J connectivity index is 1.77. The molecule has 2 aromatic heterocycles. The standard InChI is InChI=1S/C19H18F2N4O3S/c1-11-15(29-17(24-11)16-22-7-4-8-23-16)18(26)25(2)10-12-5-6-13(28-19(20)21)14(9-12)27-3/h4-9,19H,10H2,1-3H3. The zero-order chi connectivity index (χ0) is 21.0. The summed E-state index contributed by atoms with van der Waals surface area (Å²) in [6.45, 7) is -0.946. The molecule has 10 heteroatoms. The fourth-order valence-corrected chi connectivity index (χ4v) is 3.63. The molecule has 0 spiro atoms. The number of aromatic nitrogens is 3. The predicted octanol–water partition coefficient (Wildman–Crippen LogP) is 3.79. The lowest BCUT2D eigenvalue weighted by molar-refractivity contribution is -0.0512. The molecule has 152 valence electrons. The van der Waals surface area contributed by atoms with Gasteiger partial charge in [0.25, 0.3) is 5.91 Å². The summed E-state index contributed by atoms with van der Waals surface area (Å²) in [5, 5.41) is 0.565. The number of carbonyl (C=O) groups is 1. The quantitative estimate of drug-likeness (QED) is 0.579. The summed E-state index contributed by atoms with van der Waals surface area (Å²) in [5.74, 6) is 0.350.